The summed E-state index contributed by atoms with van der Waals surface area (Å²) in [6.07, 6.45) is 0. The number of sulfonamides is 1. The monoisotopic (exact) mass is 568 g/mol. The lowest BCUT2D eigenvalue weighted by Crippen LogP contribution is -2.39. The first kappa shape index (κ1) is 27.0. The van der Waals surface area contributed by atoms with Gasteiger partial charge in [0, 0.05) is 26.7 Å². The zero-order valence-electron chi connectivity index (χ0n) is 17.3. The van der Waals surface area contributed by atoms with Gasteiger partial charge < -0.3 is 15.0 Å². The van der Waals surface area contributed by atoms with E-state index in [1.54, 1.807) is 30.3 Å². The largest absolute Gasteiger partial charge is 0.435 e. The molecule has 0 saturated heterocycles. The summed E-state index contributed by atoms with van der Waals surface area (Å²) in [5.41, 5.74) is 0.884. The molecule has 31 heavy (non-hydrogen) atoms. The number of aliphatic imine (C=N–C) groups is 1. The van der Waals surface area contributed by atoms with Gasteiger partial charge in [0.25, 0.3) is 0 Å². The van der Waals surface area contributed by atoms with Gasteiger partial charge in [-0.2, -0.15) is 8.78 Å². The minimum absolute atomic E-state index is 0. The molecule has 0 unspecified atom stereocenters. The lowest BCUT2D eigenvalue weighted by molar-refractivity contribution is -0.0498. The molecule has 0 aromatic heterocycles. The number of alkyl halides is 2. The summed E-state index contributed by atoms with van der Waals surface area (Å²) >= 11 is 0. The molecule has 0 aliphatic heterocycles. The van der Waals surface area contributed by atoms with Crippen LogP contribution in [-0.2, 0) is 16.6 Å². The molecule has 0 atom stereocenters. The number of guanidine groups is 1. The van der Waals surface area contributed by atoms with Crippen LogP contribution in [0, 0.1) is 0 Å². The smallest absolute Gasteiger partial charge is 0.387 e. The van der Waals surface area contributed by atoms with Crippen molar-refractivity contribution in [2.45, 2.75) is 25.0 Å². The summed E-state index contributed by atoms with van der Waals surface area (Å²) in [5.74, 6) is 0.701. The predicted molar refractivity (Wildman–Crippen MR) is 128 cm³/mol. The Kier molecular flexibility index (Phi) is 11.7. The Bertz CT molecular complexity index is 914. The first-order chi connectivity index (χ1) is 14.3. The molecule has 172 valence electrons. The Morgan fingerprint density at radius 1 is 1.13 bits per heavy atom. The van der Waals surface area contributed by atoms with Gasteiger partial charge in [-0.1, -0.05) is 30.3 Å². The van der Waals surface area contributed by atoms with E-state index in [2.05, 4.69) is 19.8 Å². The molecule has 2 aromatic carbocycles. The van der Waals surface area contributed by atoms with Gasteiger partial charge >= 0.3 is 6.61 Å². The van der Waals surface area contributed by atoms with E-state index >= 15 is 0 Å². The third-order valence-electron chi connectivity index (χ3n) is 3.98. The van der Waals surface area contributed by atoms with Crippen molar-refractivity contribution in [3.8, 4) is 5.75 Å². The van der Waals surface area contributed by atoms with E-state index < -0.39 is 16.6 Å². The van der Waals surface area contributed by atoms with Crippen LogP contribution in [0.5, 0.6) is 5.75 Å². The maximum absolute atomic E-state index is 12.2. The number of hydrogen-bond acceptors (Lipinski definition) is 4. The van der Waals surface area contributed by atoms with E-state index in [4.69, 9.17) is 0 Å². The van der Waals surface area contributed by atoms with Crippen LogP contribution >= 0.6 is 24.0 Å². The van der Waals surface area contributed by atoms with Gasteiger partial charge in [-0.05, 0) is 36.8 Å². The summed E-state index contributed by atoms with van der Waals surface area (Å²) in [5, 5.41) is 3.14. The predicted octanol–water partition coefficient (Wildman–Crippen LogP) is 3.28. The molecule has 7 nitrogen and oxygen atoms in total. The molecule has 0 aliphatic rings. The minimum atomic E-state index is -3.57. The van der Waals surface area contributed by atoms with Gasteiger partial charge in [0.1, 0.15) is 5.75 Å². The average Bonchev–Trinajstić information content (AvgIpc) is 2.72. The van der Waals surface area contributed by atoms with Crippen molar-refractivity contribution in [3.63, 3.8) is 0 Å². The Labute approximate surface area is 199 Å². The first-order valence-corrected chi connectivity index (χ1v) is 10.9. The minimum Gasteiger partial charge on any atom is -0.435 e. The highest BCUT2D eigenvalue weighted by atomic mass is 127. The lowest BCUT2D eigenvalue weighted by Gasteiger charge is -2.22. The van der Waals surface area contributed by atoms with Crippen molar-refractivity contribution in [3.05, 3.63) is 60.2 Å². The van der Waals surface area contributed by atoms with E-state index in [0.717, 1.165) is 5.56 Å². The maximum atomic E-state index is 12.2. The molecule has 2 rings (SSSR count). The topological polar surface area (TPSA) is 83.0 Å². The molecule has 2 aromatic rings. The zero-order chi connectivity index (χ0) is 22.0. The van der Waals surface area contributed by atoms with Crippen molar-refractivity contribution in [2.75, 3.05) is 26.7 Å². The highest BCUT2D eigenvalue weighted by Crippen LogP contribution is 2.15. The highest BCUT2D eigenvalue weighted by Gasteiger charge is 2.12. The molecule has 0 amide bonds. The van der Waals surface area contributed by atoms with Gasteiger partial charge in [-0.25, -0.2) is 13.1 Å². The molecular formula is C20H27F2IN4O3S. The van der Waals surface area contributed by atoms with Crippen molar-refractivity contribution >= 4 is 40.0 Å². The van der Waals surface area contributed by atoms with Crippen LogP contribution < -0.4 is 14.8 Å². The van der Waals surface area contributed by atoms with Gasteiger partial charge in [0.2, 0.25) is 10.0 Å². The van der Waals surface area contributed by atoms with Crippen LogP contribution in [0.4, 0.5) is 8.78 Å². The maximum Gasteiger partial charge on any atom is 0.387 e. The Hall–Kier alpha value is -1.99. The second kappa shape index (κ2) is 13.4. The van der Waals surface area contributed by atoms with E-state index in [1.807, 2.05) is 18.9 Å². The number of nitrogens with zero attached hydrogens (tertiary/aromatic N) is 2. The molecule has 0 heterocycles. The molecular weight excluding hydrogens is 541 g/mol. The van der Waals surface area contributed by atoms with Gasteiger partial charge in [-0.15, -0.1) is 24.0 Å². The number of hydrogen-bond donors (Lipinski definition) is 2. The summed E-state index contributed by atoms with van der Waals surface area (Å²) in [4.78, 5) is 6.51. The van der Waals surface area contributed by atoms with Crippen molar-refractivity contribution in [1.82, 2.24) is 14.9 Å². The third-order valence-corrected chi connectivity index (χ3v) is 5.46. The molecule has 0 saturated carbocycles. The van der Waals surface area contributed by atoms with Crippen LogP contribution in [0.15, 0.2) is 64.5 Å². The van der Waals surface area contributed by atoms with E-state index in [0.29, 0.717) is 19.0 Å². The van der Waals surface area contributed by atoms with E-state index in [9.17, 15) is 17.2 Å². The quantitative estimate of drug-likeness (QED) is 0.199. The van der Waals surface area contributed by atoms with Crippen LogP contribution in [0.3, 0.4) is 0 Å². The average molecular weight is 568 g/mol. The number of ether oxygens (including phenoxy) is 1. The van der Waals surface area contributed by atoms with Gasteiger partial charge in [0.05, 0.1) is 11.4 Å². The zero-order valence-corrected chi connectivity index (χ0v) is 20.4. The molecule has 0 spiro atoms. The fourth-order valence-electron chi connectivity index (χ4n) is 2.62. The van der Waals surface area contributed by atoms with Crippen LogP contribution in [-0.4, -0.2) is 52.6 Å². The Morgan fingerprint density at radius 3 is 2.35 bits per heavy atom. The molecule has 0 bridgehead atoms. The normalized spacial score (nSPS) is 11.7. The molecule has 11 heteroatoms. The Balaban J connectivity index is 0.00000480. The third kappa shape index (κ3) is 9.35. The van der Waals surface area contributed by atoms with Gasteiger partial charge in [0.15, 0.2) is 5.96 Å². The van der Waals surface area contributed by atoms with E-state index in [-0.39, 0.29) is 47.7 Å². The van der Waals surface area contributed by atoms with Crippen molar-refractivity contribution in [2.24, 2.45) is 4.99 Å². The van der Waals surface area contributed by atoms with Gasteiger partial charge in [-0.3, -0.25) is 4.99 Å². The number of nitrogens with one attached hydrogen (secondary N) is 2. The molecule has 2 N–H and O–H groups in total. The lowest BCUT2D eigenvalue weighted by atomic mass is 10.2. The summed E-state index contributed by atoms with van der Waals surface area (Å²) < 4.78 is 55.8. The molecule has 0 radical (unpaired) electrons. The van der Waals surface area contributed by atoms with Crippen LogP contribution in [0.2, 0.25) is 0 Å². The summed E-state index contributed by atoms with van der Waals surface area (Å²) in [6.45, 7) is 0.596. The van der Waals surface area contributed by atoms with Crippen LogP contribution in [0.25, 0.3) is 0 Å². The number of halogens is 3. The fourth-order valence-corrected chi connectivity index (χ4v) is 3.66. The summed E-state index contributed by atoms with van der Waals surface area (Å²) in [6, 6.07) is 14.5. The Morgan fingerprint density at radius 2 is 1.77 bits per heavy atom. The number of benzene rings is 2. The van der Waals surface area contributed by atoms with E-state index in [1.165, 1.54) is 24.3 Å². The first-order valence-electron chi connectivity index (χ1n) is 9.39. The second-order valence-electron chi connectivity index (χ2n) is 6.33. The fraction of sp³-hybridized carbons (Fsp3) is 0.350. The SMILES string of the molecule is CCNC(=NCCNS(=O)(=O)c1ccccc1)N(C)Cc1ccc(OC(F)F)cc1.I. The van der Waals surface area contributed by atoms with Crippen molar-refractivity contribution < 1.29 is 21.9 Å². The highest BCUT2D eigenvalue weighted by molar-refractivity contribution is 14.0. The van der Waals surface area contributed by atoms with Crippen molar-refractivity contribution in [1.29, 1.82) is 0 Å². The summed E-state index contributed by atoms with van der Waals surface area (Å²) in [7, 11) is -1.74. The second-order valence-corrected chi connectivity index (χ2v) is 8.09. The molecule has 0 aliphatic carbocycles. The standard InChI is InChI=1S/C20H26F2N4O3S.HI/c1-3-23-20(24-13-14-25-30(27,28)18-7-5-4-6-8-18)26(2)15-16-9-11-17(12-10-16)29-19(21)22;/h4-12,19,25H,3,13-15H2,1-2H3,(H,23,24);1H. The molecule has 0 fully saturated rings. The van der Waals surface area contributed by atoms with Crippen LogP contribution in [0.1, 0.15) is 12.5 Å². The number of rotatable bonds is 10.